The third-order valence-corrected chi connectivity index (χ3v) is 4.92. The van der Waals surface area contributed by atoms with Gasteiger partial charge in [-0.15, -0.1) is 0 Å². The van der Waals surface area contributed by atoms with E-state index in [1.807, 2.05) is 24.3 Å². The summed E-state index contributed by atoms with van der Waals surface area (Å²) in [5.74, 6) is -0.0966. The van der Waals surface area contributed by atoms with E-state index in [0.717, 1.165) is 37.3 Å². The van der Waals surface area contributed by atoms with E-state index in [2.05, 4.69) is 46.3 Å². The molecule has 0 spiro atoms. The van der Waals surface area contributed by atoms with E-state index < -0.39 is 0 Å². The summed E-state index contributed by atoms with van der Waals surface area (Å²) in [5.41, 5.74) is 3.63. The molecule has 1 aliphatic rings. The van der Waals surface area contributed by atoms with Gasteiger partial charge in [-0.1, -0.05) is 30.7 Å². The van der Waals surface area contributed by atoms with Gasteiger partial charge >= 0.3 is 0 Å². The van der Waals surface area contributed by atoms with Gasteiger partial charge in [0.1, 0.15) is 5.69 Å². The Hall–Kier alpha value is -2.24. The molecule has 1 fully saturated rings. The van der Waals surface area contributed by atoms with Crippen LogP contribution in [0.4, 0.5) is 0 Å². The molecule has 0 unspecified atom stereocenters. The van der Waals surface area contributed by atoms with E-state index in [1.165, 1.54) is 24.8 Å². The molecule has 1 saturated heterocycles. The maximum atomic E-state index is 12.7. The highest BCUT2D eigenvalue weighted by atomic mass is 16.1. The van der Waals surface area contributed by atoms with Gasteiger partial charge in [0.15, 0.2) is 0 Å². The molecule has 0 aliphatic carbocycles. The predicted molar refractivity (Wildman–Crippen MR) is 110 cm³/mol. The van der Waals surface area contributed by atoms with Gasteiger partial charge in [0.05, 0.1) is 0 Å². The molecular formula is C22H30N4O. The number of aromatic nitrogens is 1. The number of piperidine rings is 1. The zero-order valence-electron chi connectivity index (χ0n) is 16.4. The lowest BCUT2D eigenvalue weighted by atomic mass is 10.0. The number of likely N-dealkylation sites (tertiary alicyclic amines) is 1. The van der Waals surface area contributed by atoms with Crippen molar-refractivity contribution in [3.05, 3.63) is 53.9 Å². The second-order valence-electron chi connectivity index (χ2n) is 7.50. The van der Waals surface area contributed by atoms with Crippen molar-refractivity contribution in [1.29, 1.82) is 0 Å². The summed E-state index contributed by atoms with van der Waals surface area (Å²) < 4.78 is 0. The largest absolute Gasteiger partial charge is 0.349 e. The van der Waals surface area contributed by atoms with E-state index in [0.29, 0.717) is 12.2 Å². The molecule has 3 rings (SSSR count). The molecule has 144 valence electrons. The second-order valence-corrected chi connectivity index (χ2v) is 7.50. The molecule has 1 N–H and O–H groups in total. The standard InChI is InChI=1S/C22H30N4O/c1-25(2)17-18-8-6-9-19(16-18)20-10-7-11-23-21(20)22(27)24-12-15-26-13-4-3-5-14-26/h6-11,16H,3-5,12-15,17H2,1-2H3,(H,24,27). The average Bonchev–Trinajstić information content (AvgIpc) is 2.68. The van der Waals surface area contributed by atoms with Gasteiger partial charge in [0.25, 0.3) is 5.91 Å². The van der Waals surface area contributed by atoms with Crippen LogP contribution in [0, 0.1) is 0 Å². The maximum absolute atomic E-state index is 12.7. The van der Waals surface area contributed by atoms with Crippen LogP contribution >= 0.6 is 0 Å². The molecule has 1 aromatic carbocycles. The quantitative estimate of drug-likeness (QED) is 0.818. The number of pyridine rings is 1. The minimum absolute atomic E-state index is 0.0966. The third-order valence-electron chi connectivity index (χ3n) is 4.92. The lowest BCUT2D eigenvalue weighted by Crippen LogP contribution is -2.38. The van der Waals surface area contributed by atoms with Crippen LogP contribution < -0.4 is 5.32 Å². The Morgan fingerprint density at radius 1 is 1.15 bits per heavy atom. The summed E-state index contributed by atoms with van der Waals surface area (Å²) in [6.07, 6.45) is 5.54. The van der Waals surface area contributed by atoms with Crippen LogP contribution in [0.1, 0.15) is 35.3 Å². The number of rotatable bonds is 7. The van der Waals surface area contributed by atoms with Crippen LogP contribution in [-0.2, 0) is 6.54 Å². The van der Waals surface area contributed by atoms with E-state index in [9.17, 15) is 4.79 Å². The predicted octanol–water partition coefficient (Wildman–Crippen LogP) is 3.03. The average molecular weight is 367 g/mol. The van der Waals surface area contributed by atoms with Crippen molar-refractivity contribution < 1.29 is 4.79 Å². The summed E-state index contributed by atoms with van der Waals surface area (Å²) >= 11 is 0. The molecule has 1 aliphatic heterocycles. The molecule has 0 radical (unpaired) electrons. The number of benzene rings is 1. The maximum Gasteiger partial charge on any atom is 0.270 e. The van der Waals surface area contributed by atoms with Gasteiger partial charge in [0, 0.05) is 31.4 Å². The zero-order valence-corrected chi connectivity index (χ0v) is 16.4. The molecule has 1 aromatic heterocycles. The van der Waals surface area contributed by atoms with Crippen LogP contribution in [-0.4, -0.2) is 61.0 Å². The molecule has 2 aromatic rings. The molecule has 27 heavy (non-hydrogen) atoms. The first-order valence-corrected chi connectivity index (χ1v) is 9.83. The highest BCUT2D eigenvalue weighted by molar-refractivity contribution is 5.98. The number of hydrogen-bond acceptors (Lipinski definition) is 4. The molecule has 5 nitrogen and oxygen atoms in total. The molecule has 5 heteroatoms. The normalized spacial score (nSPS) is 15.1. The highest BCUT2D eigenvalue weighted by Crippen LogP contribution is 2.23. The van der Waals surface area contributed by atoms with Crippen LogP contribution in [0.2, 0.25) is 0 Å². The lowest BCUT2D eigenvalue weighted by molar-refractivity contribution is 0.0942. The van der Waals surface area contributed by atoms with Crippen molar-refractivity contribution in [3.8, 4) is 11.1 Å². The van der Waals surface area contributed by atoms with Crippen molar-refractivity contribution in [1.82, 2.24) is 20.1 Å². The first-order valence-electron chi connectivity index (χ1n) is 9.83. The SMILES string of the molecule is CN(C)Cc1cccc(-c2cccnc2C(=O)NCCN2CCCCC2)c1. The minimum atomic E-state index is -0.0966. The van der Waals surface area contributed by atoms with Crippen molar-refractivity contribution in [2.75, 3.05) is 40.3 Å². The Morgan fingerprint density at radius 3 is 2.74 bits per heavy atom. The summed E-state index contributed by atoms with van der Waals surface area (Å²) in [7, 11) is 4.11. The number of nitrogens with one attached hydrogen (secondary N) is 1. The zero-order chi connectivity index (χ0) is 19.1. The summed E-state index contributed by atoms with van der Waals surface area (Å²) in [4.78, 5) is 21.7. The fraction of sp³-hybridized carbons (Fsp3) is 0.455. The summed E-state index contributed by atoms with van der Waals surface area (Å²) in [5, 5.41) is 3.05. The molecular weight excluding hydrogens is 336 g/mol. The van der Waals surface area contributed by atoms with Gasteiger partial charge in [-0.05, 0) is 63.3 Å². The van der Waals surface area contributed by atoms with Gasteiger partial charge < -0.3 is 15.1 Å². The molecule has 0 bridgehead atoms. The molecule has 0 atom stereocenters. The third kappa shape index (κ3) is 5.62. The summed E-state index contributed by atoms with van der Waals surface area (Å²) in [6, 6.07) is 12.2. The Kier molecular flexibility index (Phi) is 6.96. The minimum Gasteiger partial charge on any atom is -0.349 e. The fourth-order valence-electron chi connectivity index (χ4n) is 3.62. The van der Waals surface area contributed by atoms with Gasteiger partial charge in [0.2, 0.25) is 0 Å². The Labute approximate surface area is 162 Å². The van der Waals surface area contributed by atoms with E-state index in [4.69, 9.17) is 0 Å². The summed E-state index contributed by atoms with van der Waals surface area (Å²) in [6.45, 7) is 4.72. The van der Waals surface area contributed by atoms with Crippen LogP contribution in [0.25, 0.3) is 11.1 Å². The van der Waals surface area contributed by atoms with Gasteiger partial charge in [-0.25, -0.2) is 0 Å². The Bertz CT molecular complexity index is 753. The molecule has 2 heterocycles. The van der Waals surface area contributed by atoms with Crippen LogP contribution in [0.3, 0.4) is 0 Å². The number of carbonyl (C=O) groups is 1. The Morgan fingerprint density at radius 2 is 1.96 bits per heavy atom. The van der Waals surface area contributed by atoms with Crippen molar-refractivity contribution in [2.24, 2.45) is 0 Å². The van der Waals surface area contributed by atoms with Gasteiger partial charge in [-0.2, -0.15) is 0 Å². The Balaban J connectivity index is 1.68. The molecule has 1 amide bonds. The van der Waals surface area contributed by atoms with Gasteiger partial charge in [-0.3, -0.25) is 9.78 Å². The van der Waals surface area contributed by atoms with E-state index in [1.54, 1.807) is 6.20 Å². The highest BCUT2D eigenvalue weighted by Gasteiger charge is 2.15. The van der Waals surface area contributed by atoms with Crippen molar-refractivity contribution in [3.63, 3.8) is 0 Å². The second kappa shape index (κ2) is 9.62. The van der Waals surface area contributed by atoms with Crippen LogP contribution in [0.5, 0.6) is 0 Å². The number of hydrogen-bond donors (Lipinski definition) is 1. The molecule has 0 saturated carbocycles. The fourth-order valence-corrected chi connectivity index (χ4v) is 3.62. The lowest BCUT2D eigenvalue weighted by Gasteiger charge is -2.26. The topological polar surface area (TPSA) is 48.5 Å². The number of carbonyl (C=O) groups excluding carboxylic acids is 1. The van der Waals surface area contributed by atoms with Crippen LogP contribution in [0.15, 0.2) is 42.6 Å². The van der Waals surface area contributed by atoms with Crippen molar-refractivity contribution in [2.45, 2.75) is 25.8 Å². The first-order chi connectivity index (χ1) is 13.1. The number of amides is 1. The van der Waals surface area contributed by atoms with Crippen molar-refractivity contribution >= 4 is 5.91 Å². The number of nitrogens with zero attached hydrogens (tertiary/aromatic N) is 3. The van der Waals surface area contributed by atoms with E-state index in [-0.39, 0.29) is 5.91 Å². The first kappa shape index (κ1) is 19.5. The smallest absolute Gasteiger partial charge is 0.270 e. The van der Waals surface area contributed by atoms with E-state index >= 15 is 0 Å². The monoisotopic (exact) mass is 366 g/mol.